The first kappa shape index (κ1) is 19.4. The molecule has 8 heteroatoms. The van der Waals surface area contributed by atoms with Gasteiger partial charge in [0.15, 0.2) is 0 Å². The van der Waals surface area contributed by atoms with Crippen LogP contribution in [-0.4, -0.2) is 55.5 Å². The number of hydrogen-bond donors (Lipinski definition) is 1. The highest BCUT2D eigenvalue weighted by atomic mass is 32.2. The largest absolute Gasteiger partial charge is 0.376 e. The summed E-state index contributed by atoms with van der Waals surface area (Å²) in [5, 5.41) is 3.68. The minimum atomic E-state index is -3.49. The van der Waals surface area contributed by atoms with E-state index in [-0.39, 0.29) is 12.0 Å². The molecule has 4 rings (SSSR count). The van der Waals surface area contributed by atoms with Gasteiger partial charge in [0.2, 0.25) is 10.0 Å². The van der Waals surface area contributed by atoms with Gasteiger partial charge in [-0.3, -0.25) is 4.79 Å². The fourth-order valence-corrected chi connectivity index (χ4v) is 5.62. The van der Waals surface area contributed by atoms with Gasteiger partial charge in [-0.1, -0.05) is 6.42 Å². The van der Waals surface area contributed by atoms with Crippen molar-refractivity contribution in [3.63, 3.8) is 0 Å². The summed E-state index contributed by atoms with van der Waals surface area (Å²) >= 11 is 0. The summed E-state index contributed by atoms with van der Waals surface area (Å²) in [4.78, 5) is 12.9. The molecule has 0 radical (unpaired) electrons. The third kappa shape index (κ3) is 3.68. The molecule has 2 saturated heterocycles. The molecule has 3 heterocycles. The number of rotatable bonds is 5. The Hall–Kier alpha value is -1.90. The monoisotopic (exact) mass is 405 g/mol. The van der Waals surface area contributed by atoms with Crippen molar-refractivity contribution in [1.82, 2.24) is 14.2 Å². The molecular weight excluding hydrogens is 378 g/mol. The first-order valence-electron chi connectivity index (χ1n) is 9.96. The Morgan fingerprint density at radius 2 is 1.96 bits per heavy atom. The first-order chi connectivity index (χ1) is 13.5. The van der Waals surface area contributed by atoms with Gasteiger partial charge in [-0.15, -0.1) is 0 Å². The maximum atomic E-state index is 12.9. The van der Waals surface area contributed by atoms with E-state index in [4.69, 9.17) is 4.74 Å². The Labute approximate surface area is 165 Å². The molecule has 1 unspecified atom stereocenters. The zero-order valence-electron chi connectivity index (χ0n) is 16.2. The first-order valence-corrected chi connectivity index (χ1v) is 11.4. The number of sulfonamides is 1. The molecule has 1 atom stereocenters. The number of hydrogen-bond acceptors (Lipinski definition) is 4. The standard InChI is InChI=1S/C20H27N3O4S/c1-22-18-8-7-17(28(25,26)23-9-3-2-4-10-23)12-15(18)13-19(22)20(24)21-14-16-6-5-11-27-16/h7-8,12-13,16H,2-6,9-11,14H2,1H3,(H,21,24). The molecule has 0 spiro atoms. The lowest BCUT2D eigenvalue weighted by molar-refractivity contribution is 0.0851. The Morgan fingerprint density at radius 3 is 2.68 bits per heavy atom. The highest BCUT2D eigenvalue weighted by Gasteiger charge is 2.26. The van der Waals surface area contributed by atoms with Crippen LogP contribution in [-0.2, 0) is 21.8 Å². The summed E-state index contributed by atoms with van der Waals surface area (Å²) in [5.41, 5.74) is 1.35. The van der Waals surface area contributed by atoms with E-state index < -0.39 is 10.0 Å². The van der Waals surface area contributed by atoms with Crippen molar-refractivity contribution in [2.75, 3.05) is 26.2 Å². The van der Waals surface area contributed by atoms with Gasteiger partial charge in [0, 0.05) is 44.2 Å². The average molecular weight is 406 g/mol. The lowest BCUT2D eigenvalue weighted by atomic mass is 10.2. The zero-order chi connectivity index (χ0) is 19.7. The molecule has 2 aromatic rings. The van der Waals surface area contributed by atoms with Gasteiger partial charge in [-0.2, -0.15) is 4.31 Å². The highest BCUT2D eigenvalue weighted by molar-refractivity contribution is 7.89. The topological polar surface area (TPSA) is 80.6 Å². The van der Waals surface area contributed by atoms with Gasteiger partial charge in [-0.25, -0.2) is 8.42 Å². The molecule has 1 aromatic heterocycles. The molecule has 1 N–H and O–H groups in total. The Bertz CT molecular complexity index is 971. The maximum Gasteiger partial charge on any atom is 0.268 e. The van der Waals surface area contributed by atoms with Crippen LogP contribution < -0.4 is 5.32 Å². The zero-order valence-corrected chi connectivity index (χ0v) is 17.0. The number of benzene rings is 1. The van der Waals surface area contributed by atoms with Crippen LogP contribution in [0.1, 0.15) is 42.6 Å². The molecular formula is C20H27N3O4S. The summed E-state index contributed by atoms with van der Waals surface area (Å²) < 4.78 is 34.8. The van der Waals surface area contributed by atoms with Gasteiger partial charge in [0.05, 0.1) is 11.0 Å². The number of nitrogens with one attached hydrogen (secondary N) is 1. The summed E-state index contributed by atoms with van der Waals surface area (Å²) in [5.74, 6) is -0.172. The minimum Gasteiger partial charge on any atom is -0.376 e. The van der Waals surface area contributed by atoms with Gasteiger partial charge < -0.3 is 14.6 Å². The van der Waals surface area contributed by atoms with Crippen LogP contribution in [0.15, 0.2) is 29.2 Å². The molecule has 2 fully saturated rings. The molecule has 0 saturated carbocycles. The van der Waals surface area contributed by atoms with E-state index in [9.17, 15) is 13.2 Å². The molecule has 7 nitrogen and oxygen atoms in total. The number of ether oxygens (including phenoxy) is 1. The fraction of sp³-hybridized carbons (Fsp3) is 0.550. The molecule has 0 aliphatic carbocycles. The molecule has 1 aromatic carbocycles. The van der Waals surface area contributed by atoms with Crippen LogP contribution >= 0.6 is 0 Å². The second-order valence-corrected chi connectivity index (χ2v) is 9.56. The second-order valence-electron chi connectivity index (χ2n) is 7.62. The summed E-state index contributed by atoms with van der Waals surface area (Å²) in [7, 11) is -1.67. The van der Waals surface area contributed by atoms with E-state index in [1.165, 1.54) is 0 Å². The van der Waals surface area contributed by atoms with E-state index in [0.717, 1.165) is 49.6 Å². The minimum absolute atomic E-state index is 0.0833. The molecule has 28 heavy (non-hydrogen) atoms. The van der Waals surface area contributed by atoms with Crippen molar-refractivity contribution in [3.8, 4) is 0 Å². The lowest BCUT2D eigenvalue weighted by Crippen LogP contribution is -2.35. The Kier molecular flexibility index (Phi) is 5.44. The van der Waals surface area contributed by atoms with Crippen molar-refractivity contribution in [3.05, 3.63) is 30.0 Å². The smallest absolute Gasteiger partial charge is 0.268 e. The van der Waals surface area contributed by atoms with E-state index in [0.29, 0.717) is 30.2 Å². The predicted molar refractivity (Wildman–Crippen MR) is 107 cm³/mol. The number of piperidine rings is 1. The van der Waals surface area contributed by atoms with E-state index >= 15 is 0 Å². The molecule has 2 aliphatic rings. The van der Waals surface area contributed by atoms with Crippen LogP contribution in [0, 0.1) is 0 Å². The number of carbonyl (C=O) groups excluding carboxylic acids is 1. The number of aromatic nitrogens is 1. The lowest BCUT2D eigenvalue weighted by Gasteiger charge is -2.25. The number of fused-ring (bicyclic) bond motifs is 1. The fourth-order valence-electron chi connectivity index (χ4n) is 4.06. The van der Waals surface area contributed by atoms with Crippen LogP contribution in [0.25, 0.3) is 10.9 Å². The SMILES string of the molecule is Cn1c(C(=O)NCC2CCCO2)cc2cc(S(=O)(=O)N3CCCCC3)ccc21. The van der Waals surface area contributed by atoms with E-state index in [2.05, 4.69) is 5.32 Å². The second kappa shape index (κ2) is 7.85. The predicted octanol–water partition coefficient (Wildman–Crippen LogP) is 2.26. The number of carbonyl (C=O) groups is 1. The van der Waals surface area contributed by atoms with Gasteiger partial charge in [-0.05, 0) is 49.9 Å². The maximum absolute atomic E-state index is 12.9. The van der Waals surface area contributed by atoms with E-state index in [1.54, 1.807) is 33.1 Å². The molecule has 152 valence electrons. The highest BCUT2D eigenvalue weighted by Crippen LogP contribution is 2.26. The summed E-state index contributed by atoms with van der Waals surface area (Å²) in [6.07, 6.45) is 4.97. The van der Waals surface area contributed by atoms with Crippen molar-refractivity contribution in [1.29, 1.82) is 0 Å². The van der Waals surface area contributed by atoms with Crippen molar-refractivity contribution >= 4 is 26.8 Å². The van der Waals surface area contributed by atoms with Gasteiger partial charge in [0.25, 0.3) is 5.91 Å². The van der Waals surface area contributed by atoms with Crippen molar-refractivity contribution in [2.45, 2.75) is 43.1 Å². The number of amides is 1. The van der Waals surface area contributed by atoms with Crippen molar-refractivity contribution < 1.29 is 17.9 Å². The summed E-state index contributed by atoms with van der Waals surface area (Å²) in [6.45, 7) is 2.40. The van der Waals surface area contributed by atoms with Gasteiger partial charge >= 0.3 is 0 Å². The average Bonchev–Trinajstić information content (AvgIpc) is 3.34. The van der Waals surface area contributed by atoms with Gasteiger partial charge in [0.1, 0.15) is 5.69 Å². The Balaban J connectivity index is 1.57. The molecule has 1 amide bonds. The third-order valence-corrected chi connectivity index (χ3v) is 7.61. The van der Waals surface area contributed by atoms with Crippen LogP contribution in [0.5, 0.6) is 0 Å². The number of nitrogens with zero attached hydrogens (tertiary/aromatic N) is 2. The van der Waals surface area contributed by atoms with Crippen LogP contribution in [0.2, 0.25) is 0 Å². The molecule has 2 aliphatic heterocycles. The van der Waals surface area contributed by atoms with E-state index in [1.807, 2.05) is 7.05 Å². The normalized spacial score (nSPS) is 21.2. The number of aryl methyl sites for hydroxylation is 1. The Morgan fingerprint density at radius 1 is 1.18 bits per heavy atom. The summed E-state index contributed by atoms with van der Waals surface area (Å²) in [6, 6.07) is 6.86. The third-order valence-electron chi connectivity index (χ3n) is 5.71. The quantitative estimate of drug-likeness (QED) is 0.827. The van der Waals surface area contributed by atoms with Crippen LogP contribution in [0.4, 0.5) is 0 Å². The van der Waals surface area contributed by atoms with Crippen LogP contribution in [0.3, 0.4) is 0 Å². The molecule has 0 bridgehead atoms. The van der Waals surface area contributed by atoms with Crippen molar-refractivity contribution in [2.24, 2.45) is 7.05 Å².